The lowest BCUT2D eigenvalue weighted by Crippen LogP contribution is -2.24. The molecule has 0 radical (unpaired) electrons. The number of hydrogen-bond donors (Lipinski definition) is 2. The molecule has 2 aromatic carbocycles. The molecule has 2 aliphatic rings. The van der Waals surface area contributed by atoms with Gasteiger partial charge in [-0.05, 0) is 59.1 Å². The van der Waals surface area contributed by atoms with Crippen LogP contribution in [-0.4, -0.2) is 24.0 Å². The summed E-state index contributed by atoms with van der Waals surface area (Å²) in [4.78, 5) is 22.7. The number of rotatable bonds is 4. The summed E-state index contributed by atoms with van der Waals surface area (Å²) in [7, 11) is -3.81. The molecule has 2 heterocycles. The minimum Gasteiger partial charge on any atom is -0.493 e. The van der Waals surface area contributed by atoms with Crippen LogP contribution >= 0.6 is 27.3 Å². The van der Waals surface area contributed by atoms with Crippen molar-refractivity contribution < 1.29 is 18.3 Å². The number of thiazole rings is 1. The van der Waals surface area contributed by atoms with Crippen molar-refractivity contribution in [3.05, 3.63) is 67.2 Å². The predicted molar refractivity (Wildman–Crippen MR) is 132 cm³/mol. The Kier molecular flexibility index (Phi) is 6.05. The molecular formula is C23H21BrN4O4S2. The summed E-state index contributed by atoms with van der Waals surface area (Å²) < 4.78 is 25.7. The molecule has 11 heteroatoms. The number of para-hydroxylation sites is 1. The number of benzene rings is 2. The van der Waals surface area contributed by atoms with Crippen LogP contribution in [0.3, 0.4) is 0 Å². The van der Waals surface area contributed by atoms with Gasteiger partial charge in [0.15, 0.2) is 4.80 Å². The van der Waals surface area contributed by atoms with Crippen LogP contribution in [0.4, 0.5) is 5.69 Å². The van der Waals surface area contributed by atoms with E-state index < -0.39 is 15.9 Å². The van der Waals surface area contributed by atoms with Crippen LogP contribution in [0.5, 0.6) is 5.88 Å². The van der Waals surface area contributed by atoms with E-state index in [9.17, 15) is 18.3 Å². The van der Waals surface area contributed by atoms with E-state index in [0.29, 0.717) is 36.0 Å². The summed E-state index contributed by atoms with van der Waals surface area (Å²) in [5.74, 6) is -0.401. The molecule has 1 fully saturated rings. The third-order valence-corrected chi connectivity index (χ3v) is 8.70. The normalized spacial score (nSPS) is 17.2. The number of fused-ring (bicyclic) bond motifs is 1. The van der Waals surface area contributed by atoms with Crippen LogP contribution < -0.4 is 20.5 Å². The molecule has 1 amide bonds. The molecule has 1 saturated carbocycles. The number of aromatic hydroxyl groups is 1. The topological polar surface area (TPSA) is 127 Å². The second-order valence-electron chi connectivity index (χ2n) is 8.28. The summed E-state index contributed by atoms with van der Waals surface area (Å²) in [5, 5.41) is 17.8. The smallest absolute Gasteiger partial charge is 0.279 e. The molecule has 1 aliphatic heterocycles. The number of carbonyl (C=O) groups excluding carboxylic acids is 1. The maximum absolute atomic E-state index is 12.9. The molecule has 8 nitrogen and oxygen atoms in total. The fraction of sp³-hybridized carbons (Fsp3) is 0.261. The van der Waals surface area contributed by atoms with E-state index >= 15 is 0 Å². The van der Waals surface area contributed by atoms with Crippen molar-refractivity contribution in [2.75, 3.05) is 0 Å². The van der Waals surface area contributed by atoms with E-state index in [2.05, 4.69) is 20.9 Å². The number of amides is 1. The maximum Gasteiger partial charge on any atom is 0.279 e. The van der Waals surface area contributed by atoms with Gasteiger partial charge in [0.25, 0.3) is 5.91 Å². The summed E-state index contributed by atoms with van der Waals surface area (Å²) in [5.41, 5.74) is 0.870. The molecule has 0 unspecified atom stereocenters. The first kappa shape index (κ1) is 23.2. The first-order valence-corrected chi connectivity index (χ1v) is 13.9. The van der Waals surface area contributed by atoms with E-state index in [-0.39, 0.29) is 16.8 Å². The Morgan fingerprint density at radius 1 is 1.12 bits per heavy atom. The second kappa shape index (κ2) is 8.88. The summed E-state index contributed by atoms with van der Waals surface area (Å²) in [6, 6.07) is 11.4. The largest absolute Gasteiger partial charge is 0.493 e. The van der Waals surface area contributed by atoms with E-state index in [1.165, 1.54) is 23.5 Å². The fourth-order valence-corrected chi connectivity index (χ4v) is 6.56. The number of hydrogen-bond acceptors (Lipinski definition) is 6. The van der Waals surface area contributed by atoms with Gasteiger partial charge in [-0.1, -0.05) is 42.7 Å². The third kappa shape index (κ3) is 4.17. The van der Waals surface area contributed by atoms with Gasteiger partial charge in [-0.15, -0.1) is 0 Å². The summed E-state index contributed by atoms with van der Waals surface area (Å²) >= 11 is 4.67. The van der Waals surface area contributed by atoms with Crippen LogP contribution in [0.15, 0.2) is 61.8 Å². The Balaban J connectivity index is 1.72. The van der Waals surface area contributed by atoms with Gasteiger partial charge in [0.1, 0.15) is 4.88 Å². The van der Waals surface area contributed by atoms with Gasteiger partial charge >= 0.3 is 0 Å². The van der Waals surface area contributed by atoms with Gasteiger partial charge < -0.3 is 5.11 Å². The van der Waals surface area contributed by atoms with Crippen molar-refractivity contribution in [2.24, 2.45) is 15.1 Å². The minimum absolute atomic E-state index is 0.00257. The Morgan fingerprint density at radius 2 is 1.82 bits per heavy atom. The van der Waals surface area contributed by atoms with Gasteiger partial charge in [0, 0.05) is 15.7 Å². The third-order valence-electron chi connectivity index (χ3n) is 6.07. The number of sulfonamides is 1. The quantitative estimate of drug-likeness (QED) is 0.508. The first-order valence-electron chi connectivity index (χ1n) is 10.8. The average Bonchev–Trinajstić information content (AvgIpc) is 3.30. The van der Waals surface area contributed by atoms with E-state index in [4.69, 9.17) is 10.1 Å². The molecule has 3 N–H and O–H groups in total. The summed E-state index contributed by atoms with van der Waals surface area (Å²) in [6.07, 6.45) is 5.04. The van der Waals surface area contributed by atoms with Crippen molar-refractivity contribution in [2.45, 2.75) is 43.0 Å². The standard InChI is InChI=1S/C23H21BrN4O4S2/c24-17-8-4-7-16-18(21(29)27-19(16)17)20-22(30)28(14-5-2-1-3-6-14)23(33-20)26-13-9-11-15(12-10-13)34(25,31)32/h4,7-12,14,30H,1-3,5-6H2,(H2,25,31,32). The first-order chi connectivity index (χ1) is 16.2. The van der Waals surface area contributed by atoms with Gasteiger partial charge in [0.2, 0.25) is 15.9 Å². The Hall–Kier alpha value is -2.60. The van der Waals surface area contributed by atoms with E-state index in [1.54, 1.807) is 12.1 Å². The number of carbonyl (C=O) groups is 1. The van der Waals surface area contributed by atoms with Crippen LogP contribution in [0.25, 0.3) is 5.57 Å². The van der Waals surface area contributed by atoms with Crippen LogP contribution in [0.2, 0.25) is 0 Å². The van der Waals surface area contributed by atoms with Gasteiger partial charge in [-0.2, -0.15) is 0 Å². The lowest BCUT2D eigenvalue weighted by molar-refractivity contribution is -0.112. The minimum atomic E-state index is -3.81. The Labute approximate surface area is 208 Å². The number of halogens is 1. The number of primary sulfonamides is 1. The molecule has 34 heavy (non-hydrogen) atoms. The average molecular weight is 561 g/mol. The number of nitrogens with two attached hydrogens (primary N) is 1. The lowest BCUT2D eigenvalue weighted by Gasteiger charge is -2.23. The molecule has 5 rings (SSSR count). The Bertz CT molecular complexity index is 1600. The molecule has 0 spiro atoms. The van der Waals surface area contributed by atoms with Crippen LogP contribution in [0.1, 0.15) is 43.0 Å². The summed E-state index contributed by atoms with van der Waals surface area (Å²) in [6.45, 7) is 0. The highest BCUT2D eigenvalue weighted by atomic mass is 79.9. The van der Waals surface area contributed by atoms with E-state index in [1.807, 2.05) is 22.8 Å². The predicted octanol–water partition coefficient (Wildman–Crippen LogP) is 2.76. The SMILES string of the molecule is NS(=O)(=O)c1ccc(N=c2sc(C3=c4cccc(Br)c4=NC3=O)c(O)n2C2CCCCC2)cc1. The highest BCUT2D eigenvalue weighted by Crippen LogP contribution is 2.36. The lowest BCUT2D eigenvalue weighted by atomic mass is 9.95. The molecule has 1 aromatic heterocycles. The van der Waals surface area contributed by atoms with Crippen LogP contribution in [-0.2, 0) is 14.8 Å². The highest BCUT2D eigenvalue weighted by molar-refractivity contribution is 9.10. The highest BCUT2D eigenvalue weighted by Gasteiger charge is 2.29. The van der Waals surface area contributed by atoms with Gasteiger partial charge in [-0.25, -0.2) is 23.5 Å². The molecule has 0 atom stereocenters. The van der Waals surface area contributed by atoms with Crippen molar-refractivity contribution in [3.8, 4) is 5.88 Å². The molecular weight excluding hydrogens is 540 g/mol. The Morgan fingerprint density at radius 3 is 2.50 bits per heavy atom. The van der Waals surface area contributed by atoms with Gasteiger partial charge in [0.05, 0.1) is 21.5 Å². The van der Waals surface area contributed by atoms with Crippen LogP contribution in [0, 0.1) is 0 Å². The zero-order chi connectivity index (χ0) is 24.0. The van der Waals surface area contributed by atoms with E-state index in [0.717, 1.165) is 32.1 Å². The number of aromatic nitrogens is 1. The monoisotopic (exact) mass is 560 g/mol. The van der Waals surface area contributed by atoms with Crippen molar-refractivity contribution in [1.29, 1.82) is 0 Å². The maximum atomic E-state index is 12.9. The molecule has 176 valence electrons. The zero-order valence-corrected chi connectivity index (χ0v) is 21.2. The zero-order valence-electron chi connectivity index (χ0n) is 17.9. The molecule has 3 aromatic rings. The van der Waals surface area contributed by atoms with Crippen molar-refractivity contribution in [1.82, 2.24) is 4.57 Å². The number of nitrogens with zero attached hydrogens (tertiary/aromatic N) is 3. The molecule has 1 aliphatic carbocycles. The second-order valence-corrected chi connectivity index (χ2v) is 11.7. The molecule has 0 saturated heterocycles. The fourth-order valence-electron chi connectivity index (χ4n) is 4.44. The van der Waals surface area contributed by atoms with Crippen molar-refractivity contribution in [3.63, 3.8) is 0 Å². The molecule has 0 bridgehead atoms. The van der Waals surface area contributed by atoms with Crippen molar-refractivity contribution >= 4 is 54.5 Å². The van der Waals surface area contributed by atoms with Gasteiger partial charge in [-0.3, -0.25) is 9.36 Å².